The maximum atomic E-state index is 10.3. The molecule has 2 rings (SSSR count). The van der Waals surface area contributed by atoms with Crippen LogP contribution in [0.3, 0.4) is 0 Å². The molecule has 0 spiro atoms. The molecule has 1 aromatic carbocycles. The van der Waals surface area contributed by atoms with Gasteiger partial charge < -0.3 is 5.11 Å². The van der Waals surface area contributed by atoms with Gasteiger partial charge in [-0.15, -0.1) is 0 Å². The maximum absolute atomic E-state index is 10.3. The van der Waals surface area contributed by atoms with E-state index in [1.54, 1.807) is 6.08 Å². The average molecular weight is 231 g/mol. The van der Waals surface area contributed by atoms with Crippen LogP contribution in [0.2, 0.25) is 0 Å². The molecule has 0 amide bonds. The van der Waals surface area contributed by atoms with Gasteiger partial charge in [0.1, 0.15) is 0 Å². The summed E-state index contributed by atoms with van der Waals surface area (Å²) in [6.45, 7) is 2.85. The van der Waals surface area contributed by atoms with E-state index in [2.05, 4.69) is 29.2 Å². The lowest BCUT2D eigenvalue weighted by atomic mass is 10.00. The van der Waals surface area contributed by atoms with E-state index < -0.39 is 5.97 Å². The third-order valence-electron chi connectivity index (χ3n) is 3.03. The Morgan fingerprint density at radius 3 is 2.82 bits per heavy atom. The van der Waals surface area contributed by atoms with Gasteiger partial charge in [-0.3, -0.25) is 9.69 Å². The summed E-state index contributed by atoms with van der Waals surface area (Å²) in [6.07, 6.45) is 4.87. The number of benzene rings is 1. The van der Waals surface area contributed by atoms with Crippen molar-refractivity contribution in [2.75, 3.05) is 13.1 Å². The molecule has 3 nitrogen and oxygen atoms in total. The molecule has 0 radical (unpaired) electrons. The Bertz CT molecular complexity index is 426. The fourth-order valence-electron chi connectivity index (χ4n) is 2.12. The van der Waals surface area contributed by atoms with Crippen LogP contribution in [0.1, 0.15) is 17.5 Å². The molecule has 90 valence electrons. The Labute approximate surface area is 101 Å². The SMILES string of the molecule is O=C(O)C/C=C/CN1CCc2ccccc2C1. The molecule has 3 heteroatoms. The first kappa shape index (κ1) is 11.9. The second-order valence-corrected chi connectivity index (χ2v) is 4.32. The Hall–Kier alpha value is -1.61. The molecule has 1 aliphatic rings. The van der Waals surface area contributed by atoms with Gasteiger partial charge in [-0.05, 0) is 17.5 Å². The lowest BCUT2D eigenvalue weighted by molar-refractivity contribution is -0.136. The predicted molar refractivity (Wildman–Crippen MR) is 66.8 cm³/mol. The molecular formula is C14H17NO2. The molecule has 0 aromatic heterocycles. The quantitative estimate of drug-likeness (QED) is 0.806. The monoisotopic (exact) mass is 231 g/mol. The summed E-state index contributed by atoms with van der Waals surface area (Å²) >= 11 is 0. The van der Waals surface area contributed by atoms with Gasteiger partial charge in [0.05, 0.1) is 6.42 Å². The van der Waals surface area contributed by atoms with Crippen LogP contribution in [0.4, 0.5) is 0 Å². The molecule has 1 aliphatic heterocycles. The smallest absolute Gasteiger partial charge is 0.307 e. The van der Waals surface area contributed by atoms with Crippen LogP contribution in [0.15, 0.2) is 36.4 Å². The summed E-state index contributed by atoms with van der Waals surface area (Å²) in [4.78, 5) is 12.7. The number of hydrogen-bond donors (Lipinski definition) is 1. The van der Waals surface area contributed by atoms with Crippen molar-refractivity contribution in [2.45, 2.75) is 19.4 Å². The van der Waals surface area contributed by atoms with Crippen LogP contribution in [-0.2, 0) is 17.8 Å². The van der Waals surface area contributed by atoms with Gasteiger partial charge in [-0.1, -0.05) is 36.4 Å². The van der Waals surface area contributed by atoms with Gasteiger partial charge in [0.15, 0.2) is 0 Å². The van der Waals surface area contributed by atoms with Crippen LogP contribution in [0, 0.1) is 0 Å². The number of hydrogen-bond acceptors (Lipinski definition) is 2. The molecule has 0 fully saturated rings. The van der Waals surface area contributed by atoms with Gasteiger partial charge in [0.2, 0.25) is 0 Å². The topological polar surface area (TPSA) is 40.5 Å². The maximum Gasteiger partial charge on any atom is 0.307 e. The summed E-state index contributed by atoms with van der Waals surface area (Å²) < 4.78 is 0. The van der Waals surface area contributed by atoms with Gasteiger partial charge in [-0.2, -0.15) is 0 Å². The van der Waals surface area contributed by atoms with E-state index in [0.717, 1.165) is 26.1 Å². The molecule has 0 saturated heterocycles. The van der Waals surface area contributed by atoms with Crippen molar-refractivity contribution in [3.8, 4) is 0 Å². The summed E-state index contributed by atoms with van der Waals surface area (Å²) in [5.74, 6) is -0.773. The van der Waals surface area contributed by atoms with Crippen LogP contribution in [0.25, 0.3) is 0 Å². The molecule has 0 atom stereocenters. The summed E-state index contributed by atoms with van der Waals surface area (Å²) in [7, 11) is 0. The van der Waals surface area contributed by atoms with Gasteiger partial charge in [0.25, 0.3) is 0 Å². The van der Waals surface area contributed by atoms with E-state index in [0.29, 0.717) is 0 Å². The van der Waals surface area contributed by atoms with Crippen LogP contribution < -0.4 is 0 Å². The van der Waals surface area contributed by atoms with Crippen LogP contribution >= 0.6 is 0 Å². The third kappa shape index (κ3) is 3.43. The van der Waals surface area contributed by atoms with Gasteiger partial charge in [-0.25, -0.2) is 0 Å². The second kappa shape index (κ2) is 5.64. The van der Waals surface area contributed by atoms with Crippen molar-refractivity contribution < 1.29 is 9.90 Å². The van der Waals surface area contributed by atoms with Crippen molar-refractivity contribution in [3.63, 3.8) is 0 Å². The summed E-state index contributed by atoms with van der Waals surface area (Å²) in [6, 6.07) is 8.51. The molecule has 0 bridgehead atoms. The van der Waals surface area contributed by atoms with E-state index in [9.17, 15) is 4.79 Å². The number of carboxylic acid groups (broad SMARTS) is 1. The standard InChI is InChI=1S/C14H17NO2/c16-14(17)7-3-4-9-15-10-8-12-5-1-2-6-13(12)11-15/h1-6H,7-11H2,(H,16,17)/b4-3+. The molecule has 17 heavy (non-hydrogen) atoms. The molecule has 0 unspecified atom stereocenters. The van der Waals surface area contributed by atoms with Crippen LogP contribution in [-0.4, -0.2) is 29.1 Å². The van der Waals surface area contributed by atoms with Crippen molar-refractivity contribution in [1.29, 1.82) is 0 Å². The summed E-state index contributed by atoms with van der Waals surface area (Å²) in [5.41, 5.74) is 2.84. The third-order valence-corrected chi connectivity index (χ3v) is 3.03. The number of aliphatic carboxylic acids is 1. The first-order valence-electron chi connectivity index (χ1n) is 5.91. The second-order valence-electron chi connectivity index (χ2n) is 4.32. The normalized spacial score (nSPS) is 16.0. The number of fused-ring (bicyclic) bond motifs is 1. The van der Waals surface area contributed by atoms with Gasteiger partial charge >= 0.3 is 5.97 Å². The minimum atomic E-state index is -0.773. The highest BCUT2D eigenvalue weighted by molar-refractivity contribution is 5.68. The molecule has 0 aliphatic carbocycles. The first-order valence-corrected chi connectivity index (χ1v) is 5.91. The highest BCUT2D eigenvalue weighted by Crippen LogP contribution is 2.17. The Morgan fingerprint density at radius 2 is 2.06 bits per heavy atom. The molecule has 1 heterocycles. The number of rotatable bonds is 4. The number of nitrogens with zero attached hydrogens (tertiary/aromatic N) is 1. The number of carboxylic acids is 1. The zero-order valence-corrected chi connectivity index (χ0v) is 9.80. The predicted octanol–water partition coefficient (Wildman–Crippen LogP) is 2.08. The van der Waals surface area contributed by atoms with Gasteiger partial charge in [0, 0.05) is 19.6 Å². The largest absolute Gasteiger partial charge is 0.481 e. The van der Waals surface area contributed by atoms with Crippen LogP contribution in [0.5, 0.6) is 0 Å². The molecule has 1 N–H and O–H groups in total. The van der Waals surface area contributed by atoms with Crippen molar-refractivity contribution in [2.24, 2.45) is 0 Å². The fourth-order valence-corrected chi connectivity index (χ4v) is 2.12. The van der Waals surface area contributed by atoms with Crippen molar-refractivity contribution >= 4 is 5.97 Å². The zero-order chi connectivity index (χ0) is 12.1. The fraction of sp³-hybridized carbons (Fsp3) is 0.357. The first-order chi connectivity index (χ1) is 8.25. The Morgan fingerprint density at radius 1 is 1.29 bits per heavy atom. The number of carbonyl (C=O) groups is 1. The van der Waals surface area contributed by atoms with Crippen molar-refractivity contribution in [3.05, 3.63) is 47.5 Å². The molecular weight excluding hydrogens is 214 g/mol. The van der Waals surface area contributed by atoms with E-state index in [1.165, 1.54) is 11.1 Å². The van der Waals surface area contributed by atoms with E-state index in [-0.39, 0.29) is 6.42 Å². The average Bonchev–Trinajstić information content (AvgIpc) is 2.34. The molecule has 0 saturated carbocycles. The lowest BCUT2D eigenvalue weighted by Crippen LogP contribution is -2.30. The minimum Gasteiger partial charge on any atom is -0.481 e. The minimum absolute atomic E-state index is 0.116. The van der Waals surface area contributed by atoms with E-state index in [4.69, 9.17) is 5.11 Å². The highest BCUT2D eigenvalue weighted by Gasteiger charge is 2.13. The zero-order valence-electron chi connectivity index (χ0n) is 9.80. The van der Waals surface area contributed by atoms with E-state index >= 15 is 0 Å². The van der Waals surface area contributed by atoms with Crippen molar-refractivity contribution in [1.82, 2.24) is 4.90 Å². The summed E-state index contributed by atoms with van der Waals surface area (Å²) in [5, 5.41) is 8.52. The Balaban J connectivity index is 1.86. The van der Waals surface area contributed by atoms with E-state index in [1.807, 2.05) is 6.08 Å². The molecule has 1 aromatic rings. The highest BCUT2D eigenvalue weighted by atomic mass is 16.4. The lowest BCUT2D eigenvalue weighted by Gasteiger charge is -2.27. The Kier molecular flexibility index (Phi) is 3.94.